The van der Waals surface area contributed by atoms with Crippen LogP contribution < -0.4 is 15.2 Å². The fourth-order valence-corrected chi connectivity index (χ4v) is 3.94. The Labute approximate surface area is 156 Å². The molecule has 2 amide bonds. The van der Waals surface area contributed by atoms with Crippen LogP contribution in [0.2, 0.25) is 5.02 Å². The number of carbonyl (C=O) groups excluding carboxylic acids is 2. The summed E-state index contributed by atoms with van der Waals surface area (Å²) in [6.45, 7) is 0.350. The third-order valence-electron chi connectivity index (χ3n) is 4.00. The third kappa shape index (κ3) is 3.66. The van der Waals surface area contributed by atoms with Gasteiger partial charge >= 0.3 is 0 Å². The molecule has 1 aliphatic rings. The molecule has 136 valence electrons. The predicted octanol–water partition coefficient (Wildman–Crippen LogP) is 1.74. The van der Waals surface area contributed by atoms with E-state index in [9.17, 15) is 18.0 Å². The Morgan fingerprint density at radius 3 is 2.46 bits per heavy atom. The summed E-state index contributed by atoms with van der Waals surface area (Å²) in [5.74, 6) is -1.04. The van der Waals surface area contributed by atoms with Gasteiger partial charge in [0.15, 0.2) is 0 Å². The molecule has 0 radical (unpaired) electrons. The highest BCUT2D eigenvalue weighted by Crippen LogP contribution is 2.30. The van der Waals surface area contributed by atoms with Crippen molar-refractivity contribution < 1.29 is 18.0 Å². The molecule has 0 fully saturated rings. The molecule has 0 aromatic heterocycles. The number of carbonyl (C=O) groups is 2. The zero-order valence-corrected chi connectivity index (χ0v) is 15.4. The maximum atomic E-state index is 12.3. The lowest BCUT2D eigenvalue weighted by molar-refractivity contribution is 0.0846. The Kier molecular flexibility index (Phi) is 4.88. The molecule has 0 unspecified atom stereocenters. The second-order valence-corrected chi connectivity index (χ2v) is 8.13. The van der Waals surface area contributed by atoms with Gasteiger partial charge in [-0.25, -0.2) is 8.42 Å². The monoisotopic (exact) mass is 393 g/mol. The minimum atomic E-state index is -3.34. The fraction of sp³-hybridized carbons (Fsp3) is 0.176. The number of halogens is 1. The maximum Gasteiger partial charge on any atom is 0.271 e. The van der Waals surface area contributed by atoms with E-state index in [0.717, 1.165) is 11.8 Å². The molecule has 0 spiro atoms. The quantitative estimate of drug-likeness (QED) is 0.776. The normalized spacial score (nSPS) is 13.2. The van der Waals surface area contributed by atoms with Gasteiger partial charge in [0.05, 0.1) is 22.5 Å². The zero-order chi connectivity index (χ0) is 18.9. The molecule has 2 aromatic carbocycles. The van der Waals surface area contributed by atoms with Crippen molar-refractivity contribution in [3.05, 3.63) is 64.2 Å². The SMILES string of the molecule is CS(=O)(=O)N1CCc2cc(C(=O)NNC(=O)c3ccccc3Cl)ccc21. The first kappa shape index (κ1) is 18.2. The smallest absolute Gasteiger partial charge is 0.270 e. The maximum absolute atomic E-state index is 12.3. The molecule has 0 aliphatic carbocycles. The molecule has 0 saturated heterocycles. The van der Waals surface area contributed by atoms with Crippen LogP contribution in [0.1, 0.15) is 26.3 Å². The average Bonchev–Trinajstić information content (AvgIpc) is 3.03. The number of rotatable bonds is 3. The van der Waals surface area contributed by atoms with Gasteiger partial charge < -0.3 is 0 Å². The van der Waals surface area contributed by atoms with Crippen molar-refractivity contribution >= 4 is 39.1 Å². The van der Waals surface area contributed by atoms with Gasteiger partial charge in [-0.1, -0.05) is 23.7 Å². The highest BCUT2D eigenvalue weighted by Gasteiger charge is 2.26. The van der Waals surface area contributed by atoms with Crippen molar-refractivity contribution in [1.82, 2.24) is 10.9 Å². The molecule has 2 N–H and O–H groups in total. The van der Waals surface area contributed by atoms with Gasteiger partial charge in [-0.05, 0) is 42.3 Å². The van der Waals surface area contributed by atoms with Gasteiger partial charge in [-0.3, -0.25) is 24.7 Å². The summed E-state index contributed by atoms with van der Waals surface area (Å²) < 4.78 is 24.8. The summed E-state index contributed by atoms with van der Waals surface area (Å²) in [6, 6.07) is 11.2. The zero-order valence-electron chi connectivity index (χ0n) is 13.8. The minimum Gasteiger partial charge on any atom is -0.270 e. The van der Waals surface area contributed by atoms with E-state index in [2.05, 4.69) is 10.9 Å². The van der Waals surface area contributed by atoms with Crippen LogP contribution >= 0.6 is 11.6 Å². The molecule has 0 bridgehead atoms. The Hall–Kier alpha value is -2.58. The lowest BCUT2D eigenvalue weighted by Gasteiger charge is -2.16. The standard InChI is InChI=1S/C17H16ClN3O4S/c1-26(24,25)21-9-8-11-10-12(6-7-15(11)21)16(22)19-20-17(23)13-4-2-3-5-14(13)18/h2-7,10H,8-9H2,1H3,(H,19,22)(H,20,23). The van der Waals surface area contributed by atoms with Gasteiger partial charge in [0.25, 0.3) is 11.8 Å². The Morgan fingerprint density at radius 2 is 1.77 bits per heavy atom. The van der Waals surface area contributed by atoms with E-state index in [1.165, 1.54) is 10.4 Å². The number of amides is 2. The summed E-state index contributed by atoms with van der Waals surface area (Å²) in [4.78, 5) is 24.3. The third-order valence-corrected chi connectivity index (χ3v) is 5.51. The van der Waals surface area contributed by atoms with E-state index in [-0.39, 0.29) is 10.6 Å². The van der Waals surface area contributed by atoms with Crippen LogP contribution in [0.3, 0.4) is 0 Å². The van der Waals surface area contributed by atoms with Crippen LogP contribution in [0, 0.1) is 0 Å². The van der Waals surface area contributed by atoms with E-state index in [0.29, 0.717) is 24.2 Å². The summed E-state index contributed by atoms with van der Waals surface area (Å²) in [5.41, 5.74) is 6.54. The van der Waals surface area contributed by atoms with Crippen LogP contribution in [0.25, 0.3) is 0 Å². The van der Waals surface area contributed by atoms with E-state index < -0.39 is 21.8 Å². The van der Waals surface area contributed by atoms with E-state index in [4.69, 9.17) is 11.6 Å². The van der Waals surface area contributed by atoms with Gasteiger partial charge in [0, 0.05) is 12.1 Å². The number of hydrazine groups is 1. The van der Waals surface area contributed by atoms with E-state index >= 15 is 0 Å². The molecule has 3 rings (SSSR count). The summed E-state index contributed by atoms with van der Waals surface area (Å²) >= 11 is 5.94. The van der Waals surface area contributed by atoms with Crippen molar-refractivity contribution in [2.24, 2.45) is 0 Å². The molecule has 1 aliphatic heterocycles. The number of nitrogens with one attached hydrogen (secondary N) is 2. The average molecular weight is 394 g/mol. The number of anilines is 1. The highest BCUT2D eigenvalue weighted by atomic mass is 35.5. The van der Waals surface area contributed by atoms with Crippen molar-refractivity contribution in [3.63, 3.8) is 0 Å². The van der Waals surface area contributed by atoms with Gasteiger partial charge in [-0.2, -0.15) is 0 Å². The first-order valence-corrected chi connectivity index (χ1v) is 9.96. The Bertz CT molecular complexity index is 991. The van der Waals surface area contributed by atoms with Crippen LogP contribution in [0.4, 0.5) is 5.69 Å². The minimum absolute atomic E-state index is 0.243. The fourth-order valence-electron chi connectivity index (χ4n) is 2.76. The highest BCUT2D eigenvalue weighted by molar-refractivity contribution is 7.92. The molecule has 2 aromatic rings. The number of benzene rings is 2. The molecule has 7 nitrogen and oxygen atoms in total. The van der Waals surface area contributed by atoms with Crippen LogP contribution in [0.15, 0.2) is 42.5 Å². The lowest BCUT2D eigenvalue weighted by atomic mass is 10.1. The number of fused-ring (bicyclic) bond motifs is 1. The van der Waals surface area contributed by atoms with Gasteiger partial charge in [-0.15, -0.1) is 0 Å². The molecule has 0 saturated carbocycles. The van der Waals surface area contributed by atoms with Gasteiger partial charge in [0.1, 0.15) is 0 Å². The van der Waals surface area contributed by atoms with Crippen molar-refractivity contribution in [2.75, 3.05) is 17.1 Å². The molecule has 9 heteroatoms. The van der Waals surface area contributed by atoms with Crippen molar-refractivity contribution in [3.8, 4) is 0 Å². The first-order chi connectivity index (χ1) is 12.3. The van der Waals surface area contributed by atoms with E-state index in [1.807, 2.05) is 0 Å². The summed E-state index contributed by atoms with van der Waals surface area (Å²) in [7, 11) is -3.34. The number of hydrogen-bond acceptors (Lipinski definition) is 4. The van der Waals surface area contributed by atoms with Crippen molar-refractivity contribution in [2.45, 2.75) is 6.42 Å². The summed E-state index contributed by atoms with van der Waals surface area (Å²) in [5, 5.41) is 0.276. The second-order valence-electron chi connectivity index (χ2n) is 5.82. The predicted molar refractivity (Wildman–Crippen MR) is 98.7 cm³/mol. The van der Waals surface area contributed by atoms with Crippen LogP contribution in [0.5, 0.6) is 0 Å². The topological polar surface area (TPSA) is 95.6 Å². The molecule has 0 atom stereocenters. The van der Waals surface area contributed by atoms with Crippen LogP contribution in [-0.4, -0.2) is 33.0 Å². The number of hydrogen-bond donors (Lipinski definition) is 2. The van der Waals surface area contributed by atoms with E-state index in [1.54, 1.807) is 36.4 Å². The second kappa shape index (κ2) is 6.97. The molecule has 26 heavy (non-hydrogen) atoms. The number of sulfonamides is 1. The molecule has 1 heterocycles. The van der Waals surface area contributed by atoms with Crippen molar-refractivity contribution in [1.29, 1.82) is 0 Å². The van der Waals surface area contributed by atoms with Crippen LogP contribution in [-0.2, 0) is 16.4 Å². The first-order valence-electron chi connectivity index (χ1n) is 7.73. The molecular formula is C17H16ClN3O4S. The number of nitrogens with zero attached hydrogens (tertiary/aromatic N) is 1. The van der Waals surface area contributed by atoms with Gasteiger partial charge in [0.2, 0.25) is 10.0 Å². The summed E-state index contributed by atoms with van der Waals surface area (Å²) in [6.07, 6.45) is 1.67. The Balaban J connectivity index is 1.70. The molecular weight excluding hydrogens is 378 g/mol. The largest absolute Gasteiger partial charge is 0.271 e. The lowest BCUT2D eigenvalue weighted by Crippen LogP contribution is -2.41. The Morgan fingerprint density at radius 1 is 1.08 bits per heavy atom.